The second-order valence-electron chi connectivity index (χ2n) is 7.41. The number of hydrogen-bond donors (Lipinski definition) is 1. The summed E-state index contributed by atoms with van der Waals surface area (Å²) in [6, 6.07) is 13.7. The SMILES string of the molecule is COC[C@H](NC(=O)[C@H]1C[C@@H]1c1ccccc1)c1ccc(O[C@H]2CCOC2)nc1. The number of pyridine rings is 1. The second-order valence-corrected chi connectivity index (χ2v) is 7.41. The van der Waals surface area contributed by atoms with Crippen molar-refractivity contribution in [2.45, 2.75) is 30.9 Å². The third kappa shape index (κ3) is 4.51. The van der Waals surface area contributed by atoms with Crippen molar-refractivity contribution in [2.75, 3.05) is 26.9 Å². The number of carbonyl (C=O) groups is 1. The molecule has 1 aliphatic carbocycles. The molecule has 0 unspecified atom stereocenters. The summed E-state index contributed by atoms with van der Waals surface area (Å²) in [5.41, 5.74) is 2.13. The predicted octanol–water partition coefficient (Wildman–Crippen LogP) is 2.86. The zero-order valence-electron chi connectivity index (χ0n) is 16.0. The van der Waals surface area contributed by atoms with Crippen LogP contribution in [-0.4, -0.2) is 43.9 Å². The van der Waals surface area contributed by atoms with Gasteiger partial charge in [-0.1, -0.05) is 30.3 Å². The number of ether oxygens (including phenoxy) is 3. The van der Waals surface area contributed by atoms with E-state index >= 15 is 0 Å². The third-order valence-corrected chi connectivity index (χ3v) is 5.34. The Labute approximate surface area is 165 Å². The van der Waals surface area contributed by atoms with Crippen molar-refractivity contribution in [3.63, 3.8) is 0 Å². The van der Waals surface area contributed by atoms with E-state index in [1.54, 1.807) is 13.3 Å². The lowest BCUT2D eigenvalue weighted by Gasteiger charge is -2.19. The Hall–Kier alpha value is -2.44. The molecule has 2 aliphatic rings. The van der Waals surface area contributed by atoms with Crippen molar-refractivity contribution in [1.82, 2.24) is 10.3 Å². The van der Waals surface area contributed by atoms with E-state index in [4.69, 9.17) is 14.2 Å². The smallest absolute Gasteiger partial charge is 0.224 e. The van der Waals surface area contributed by atoms with Crippen molar-refractivity contribution in [3.05, 3.63) is 59.8 Å². The number of hydrogen-bond acceptors (Lipinski definition) is 5. The fraction of sp³-hybridized carbons (Fsp3) is 0.455. The average molecular weight is 382 g/mol. The van der Waals surface area contributed by atoms with Crippen LogP contribution in [0.25, 0.3) is 0 Å². The zero-order valence-corrected chi connectivity index (χ0v) is 16.0. The molecule has 1 amide bonds. The number of rotatable bonds is 8. The van der Waals surface area contributed by atoms with Gasteiger partial charge in [0.05, 0.1) is 25.9 Å². The molecule has 1 aromatic heterocycles. The van der Waals surface area contributed by atoms with E-state index in [0.717, 1.165) is 25.0 Å². The first-order valence-corrected chi connectivity index (χ1v) is 9.79. The summed E-state index contributed by atoms with van der Waals surface area (Å²) < 4.78 is 16.4. The summed E-state index contributed by atoms with van der Waals surface area (Å²) >= 11 is 0. The maximum Gasteiger partial charge on any atom is 0.224 e. The van der Waals surface area contributed by atoms with Gasteiger partial charge in [-0.2, -0.15) is 0 Å². The highest BCUT2D eigenvalue weighted by molar-refractivity contribution is 5.83. The van der Waals surface area contributed by atoms with Gasteiger partial charge < -0.3 is 19.5 Å². The molecular formula is C22H26N2O4. The van der Waals surface area contributed by atoms with Gasteiger partial charge in [-0.3, -0.25) is 4.79 Å². The molecule has 1 aliphatic heterocycles. The molecular weight excluding hydrogens is 356 g/mol. The highest BCUT2D eigenvalue weighted by Crippen LogP contribution is 2.47. The van der Waals surface area contributed by atoms with E-state index in [1.807, 2.05) is 30.3 Å². The molecule has 6 heteroatoms. The Kier molecular flexibility index (Phi) is 5.88. The predicted molar refractivity (Wildman–Crippen MR) is 104 cm³/mol. The molecule has 0 bridgehead atoms. The van der Waals surface area contributed by atoms with Crippen molar-refractivity contribution in [3.8, 4) is 5.88 Å². The lowest BCUT2D eigenvalue weighted by atomic mass is 10.1. The molecule has 1 saturated heterocycles. The average Bonchev–Trinajstić information content (AvgIpc) is 3.38. The van der Waals surface area contributed by atoms with Crippen LogP contribution < -0.4 is 10.1 Å². The van der Waals surface area contributed by atoms with Crippen LogP contribution in [0.5, 0.6) is 5.88 Å². The van der Waals surface area contributed by atoms with Crippen molar-refractivity contribution in [2.24, 2.45) is 5.92 Å². The van der Waals surface area contributed by atoms with E-state index in [9.17, 15) is 4.79 Å². The van der Waals surface area contributed by atoms with Crippen LogP contribution in [0.1, 0.15) is 35.9 Å². The standard InChI is InChI=1S/C22H26N2O4/c1-26-14-20(16-7-8-21(23-12-16)28-17-9-10-27-13-17)24-22(25)19-11-18(19)15-5-3-2-4-6-15/h2-8,12,17-20H,9-11,13-14H2,1H3,(H,24,25)/t17-,18+,19-,20-/m0/s1. The molecule has 0 radical (unpaired) electrons. The summed E-state index contributed by atoms with van der Waals surface area (Å²) in [6.45, 7) is 1.73. The highest BCUT2D eigenvalue weighted by Gasteiger charge is 2.44. The normalized spacial score (nSPS) is 24.5. The summed E-state index contributed by atoms with van der Waals surface area (Å²) in [5, 5.41) is 3.12. The Morgan fingerprint density at radius 2 is 2.14 bits per heavy atom. The van der Waals surface area contributed by atoms with E-state index in [-0.39, 0.29) is 24.0 Å². The van der Waals surface area contributed by atoms with Gasteiger partial charge in [-0.05, 0) is 29.5 Å². The van der Waals surface area contributed by atoms with Crippen LogP contribution in [-0.2, 0) is 14.3 Å². The third-order valence-electron chi connectivity index (χ3n) is 5.34. The Morgan fingerprint density at radius 3 is 2.82 bits per heavy atom. The molecule has 1 aromatic carbocycles. The number of methoxy groups -OCH3 is 1. The lowest BCUT2D eigenvalue weighted by molar-refractivity contribution is -0.123. The van der Waals surface area contributed by atoms with Gasteiger partial charge in [0.1, 0.15) is 6.10 Å². The van der Waals surface area contributed by atoms with E-state index in [1.165, 1.54) is 5.56 Å². The van der Waals surface area contributed by atoms with Gasteiger partial charge in [0.2, 0.25) is 11.8 Å². The molecule has 2 aromatic rings. The van der Waals surface area contributed by atoms with Gasteiger partial charge >= 0.3 is 0 Å². The quantitative estimate of drug-likeness (QED) is 0.760. The van der Waals surface area contributed by atoms with Crippen LogP contribution >= 0.6 is 0 Å². The van der Waals surface area contributed by atoms with Crippen molar-refractivity contribution in [1.29, 1.82) is 0 Å². The molecule has 4 rings (SSSR count). The molecule has 2 heterocycles. The largest absolute Gasteiger partial charge is 0.472 e. The molecule has 1 N–H and O–H groups in total. The summed E-state index contributed by atoms with van der Waals surface area (Å²) in [4.78, 5) is 17.1. The number of nitrogens with zero attached hydrogens (tertiary/aromatic N) is 1. The van der Waals surface area contributed by atoms with Crippen LogP contribution in [0.4, 0.5) is 0 Å². The molecule has 6 nitrogen and oxygen atoms in total. The molecule has 4 atom stereocenters. The summed E-state index contributed by atoms with van der Waals surface area (Å²) in [5.74, 6) is 0.985. The molecule has 28 heavy (non-hydrogen) atoms. The van der Waals surface area contributed by atoms with Gasteiger partial charge in [0.25, 0.3) is 0 Å². The monoisotopic (exact) mass is 382 g/mol. The number of nitrogens with one attached hydrogen (secondary N) is 1. The fourth-order valence-corrected chi connectivity index (χ4v) is 3.66. The summed E-state index contributed by atoms with van der Waals surface area (Å²) in [7, 11) is 1.63. The first-order chi connectivity index (χ1) is 13.7. The zero-order chi connectivity index (χ0) is 19.3. The van der Waals surface area contributed by atoms with E-state index in [2.05, 4.69) is 22.4 Å². The number of aromatic nitrogens is 1. The van der Waals surface area contributed by atoms with Gasteiger partial charge in [-0.25, -0.2) is 4.98 Å². The topological polar surface area (TPSA) is 69.7 Å². The fourth-order valence-electron chi connectivity index (χ4n) is 3.66. The van der Waals surface area contributed by atoms with Crippen LogP contribution in [0, 0.1) is 5.92 Å². The number of amides is 1. The minimum absolute atomic E-state index is 0.0275. The minimum atomic E-state index is -0.231. The van der Waals surface area contributed by atoms with Gasteiger partial charge in [0.15, 0.2) is 0 Å². The van der Waals surface area contributed by atoms with Crippen LogP contribution in [0.15, 0.2) is 48.7 Å². The van der Waals surface area contributed by atoms with Crippen molar-refractivity contribution >= 4 is 5.91 Å². The molecule has 0 spiro atoms. The first kappa shape index (κ1) is 18.9. The molecule has 148 valence electrons. The first-order valence-electron chi connectivity index (χ1n) is 9.79. The lowest BCUT2D eigenvalue weighted by Crippen LogP contribution is -2.32. The number of benzene rings is 1. The maximum atomic E-state index is 12.7. The van der Waals surface area contributed by atoms with Crippen LogP contribution in [0.3, 0.4) is 0 Å². The van der Waals surface area contributed by atoms with Gasteiger partial charge in [-0.15, -0.1) is 0 Å². The highest BCUT2D eigenvalue weighted by atomic mass is 16.5. The van der Waals surface area contributed by atoms with E-state index in [0.29, 0.717) is 25.0 Å². The van der Waals surface area contributed by atoms with Gasteiger partial charge in [0, 0.05) is 31.7 Å². The Bertz CT molecular complexity index is 775. The second kappa shape index (κ2) is 8.71. The maximum absolute atomic E-state index is 12.7. The Balaban J connectivity index is 1.36. The minimum Gasteiger partial charge on any atom is -0.472 e. The van der Waals surface area contributed by atoms with Crippen molar-refractivity contribution < 1.29 is 19.0 Å². The summed E-state index contributed by atoms with van der Waals surface area (Å²) in [6.07, 6.45) is 3.59. The molecule has 2 fully saturated rings. The van der Waals surface area contributed by atoms with E-state index < -0.39 is 0 Å². The molecule has 1 saturated carbocycles. The number of carbonyl (C=O) groups excluding carboxylic acids is 1. The van der Waals surface area contributed by atoms with Crippen LogP contribution in [0.2, 0.25) is 0 Å². The Morgan fingerprint density at radius 1 is 1.29 bits per heavy atom.